The summed E-state index contributed by atoms with van der Waals surface area (Å²) in [6, 6.07) is 21.3. The minimum atomic E-state index is -0.478. The number of carbonyl (C=O) groups excluding carboxylic acids is 1. The van der Waals surface area contributed by atoms with Gasteiger partial charge < -0.3 is 10.1 Å². The van der Waals surface area contributed by atoms with E-state index in [0.717, 1.165) is 40.9 Å². The van der Waals surface area contributed by atoms with Gasteiger partial charge in [0, 0.05) is 29.8 Å². The molecule has 1 amide bonds. The zero-order chi connectivity index (χ0) is 25.0. The van der Waals surface area contributed by atoms with E-state index in [9.17, 15) is 4.79 Å². The monoisotopic (exact) mass is 479 g/mol. The van der Waals surface area contributed by atoms with Crippen LogP contribution in [0.4, 0.5) is 5.69 Å². The van der Waals surface area contributed by atoms with Gasteiger partial charge in [0.2, 0.25) is 11.8 Å². The number of aromatic nitrogens is 3. The van der Waals surface area contributed by atoms with Crippen LogP contribution in [0.5, 0.6) is 5.88 Å². The lowest BCUT2D eigenvalue weighted by Crippen LogP contribution is -2.47. The average molecular weight is 480 g/mol. The van der Waals surface area contributed by atoms with Crippen molar-refractivity contribution in [1.82, 2.24) is 20.3 Å². The Labute approximate surface area is 211 Å². The van der Waals surface area contributed by atoms with Crippen molar-refractivity contribution in [2.24, 2.45) is 0 Å². The summed E-state index contributed by atoms with van der Waals surface area (Å²) in [7, 11) is 1.55. The van der Waals surface area contributed by atoms with Crippen LogP contribution in [0.1, 0.15) is 29.8 Å². The molecule has 1 aromatic carbocycles. The maximum absolute atomic E-state index is 13.7. The molecule has 7 nitrogen and oxygen atoms in total. The highest BCUT2D eigenvalue weighted by atomic mass is 16.5. The first-order valence-corrected chi connectivity index (χ1v) is 12.1. The van der Waals surface area contributed by atoms with Crippen molar-refractivity contribution >= 4 is 11.6 Å². The minimum absolute atomic E-state index is 0.149. The number of amides is 1. The summed E-state index contributed by atoms with van der Waals surface area (Å²) < 4.78 is 5.47. The van der Waals surface area contributed by atoms with E-state index in [4.69, 9.17) is 4.74 Å². The molecule has 182 valence electrons. The molecule has 36 heavy (non-hydrogen) atoms. The molecule has 2 N–H and O–H groups in total. The minimum Gasteiger partial charge on any atom is -0.480 e. The van der Waals surface area contributed by atoms with Crippen molar-refractivity contribution in [3.05, 3.63) is 102 Å². The van der Waals surface area contributed by atoms with Gasteiger partial charge in [-0.25, -0.2) is 4.98 Å². The first-order valence-electron chi connectivity index (χ1n) is 12.1. The third kappa shape index (κ3) is 5.26. The highest BCUT2D eigenvalue weighted by molar-refractivity contribution is 5.96. The molecule has 1 aliphatic rings. The predicted octanol–water partition coefficient (Wildman–Crippen LogP) is 4.68. The fourth-order valence-electron chi connectivity index (χ4n) is 4.45. The standard InChI is InChI=1S/C29H29N5O2/c1-20-16-22(11-15-30-20)23-18-25(28(36-2)32-19-23)33-27(35)24(17-21-8-4-3-5-9-21)34-29(12-13-29)26-10-6-7-14-31-26/h3-11,14-16,18-19,24,34H,12-13,17H2,1-2H3,(H,33,35)/t24-/m0/s1. The molecule has 1 aliphatic carbocycles. The van der Waals surface area contributed by atoms with Crippen molar-refractivity contribution < 1.29 is 9.53 Å². The molecule has 0 radical (unpaired) electrons. The molecule has 4 aromatic rings. The Morgan fingerprint density at radius 1 is 0.972 bits per heavy atom. The van der Waals surface area contributed by atoms with Gasteiger partial charge in [-0.2, -0.15) is 0 Å². The van der Waals surface area contributed by atoms with Crippen molar-refractivity contribution in [1.29, 1.82) is 0 Å². The molecule has 0 saturated heterocycles. The molecule has 3 heterocycles. The van der Waals surface area contributed by atoms with Gasteiger partial charge in [0.05, 0.1) is 24.4 Å². The van der Waals surface area contributed by atoms with E-state index >= 15 is 0 Å². The number of rotatable bonds is 9. The lowest BCUT2D eigenvalue weighted by Gasteiger charge is -2.25. The van der Waals surface area contributed by atoms with E-state index in [2.05, 4.69) is 25.6 Å². The average Bonchev–Trinajstić information content (AvgIpc) is 3.70. The van der Waals surface area contributed by atoms with Crippen LogP contribution in [0.25, 0.3) is 11.1 Å². The Kier molecular flexibility index (Phi) is 6.73. The van der Waals surface area contributed by atoms with Crippen LogP contribution in [-0.2, 0) is 16.8 Å². The van der Waals surface area contributed by atoms with Crippen molar-refractivity contribution in [3.8, 4) is 17.0 Å². The number of nitrogens with zero attached hydrogens (tertiary/aromatic N) is 3. The smallest absolute Gasteiger partial charge is 0.242 e. The summed E-state index contributed by atoms with van der Waals surface area (Å²) in [5.41, 5.74) is 5.02. The van der Waals surface area contributed by atoms with Gasteiger partial charge in [-0.3, -0.25) is 20.1 Å². The number of aryl methyl sites for hydroxylation is 1. The van der Waals surface area contributed by atoms with Gasteiger partial charge in [-0.05, 0) is 67.6 Å². The second-order valence-corrected chi connectivity index (χ2v) is 9.14. The van der Waals surface area contributed by atoms with Crippen LogP contribution >= 0.6 is 0 Å². The fourth-order valence-corrected chi connectivity index (χ4v) is 4.45. The van der Waals surface area contributed by atoms with Crippen molar-refractivity contribution in [2.45, 2.75) is 37.8 Å². The fraction of sp³-hybridized carbons (Fsp3) is 0.241. The molecule has 0 spiro atoms. The Morgan fingerprint density at radius 3 is 2.47 bits per heavy atom. The largest absolute Gasteiger partial charge is 0.480 e. The molecule has 7 heteroatoms. The summed E-state index contributed by atoms with van der Waals surface area (Å²) >= 11 is 0. The van der Waals surface area contributed by atoms with Crippen LogP contribution in [0.15, 0.2) is 85.3 Å². The summed E-state index contributed by atoms with van der Waals surface area (Å²) in [6.07, 6.45) is 7.71. The summed E-state index contributed by atoms with van der Waals surface area (Å²) in [6.45, 7) is 1.94. The summed E-state index contributed by atoms with van der Waals surface area (Å²) in [5, 5.41) is 6.72. The Bertz CT molecular complexity index is 1340. The van der Waals surface area contributed by atoms with E-state index in [1.165, 1.54) is 0 Å². The molecule has 1 fully saturated rings. The number of carbonyl (C=O) groups is 1. The molecule has 1 atom stereocenters. The molecule has 0 aliphatic heterocycles. The van der Waals surface area contributed by atoms with Gasteiger partial charge in [0.1, 0.15) is 5.69 Å². The quantitative estimate of drug-likeness (QED) is 0.362. The van der Waals surface area contributed by atoms with E-state index in [0.29, 0.717) is 18.0 Å². The van der Waals surface area contributed by atoms with Crippen LogP contribution in [0, 0.1) is 6.92 Å². The van der Waals surface area contributed by atoms with Crippen molar-refractivity contribution in [2.75, 3.05) is 12.4 Å². The van der Waals surface area contributed by atoms with Gasteiger partial charge >= 0.3 is 0 Å². The van der Waals surface area contributed by atoms with Crippen LogP contribution in [0.2, 0.25) is 0 Å². The zero-order valence-electron chi connectivity index (χ0n) is 20.4. The molecule has 0 bridgehead atoms. The highest BCUT2D eigenvalue weighted by Crippen LogP contribution is 2.45. The van der Waals surface area contributed by atoms with E-state index in [1.54, 1.807) is 25.7 Å². The zero-order valence-corrected chi connectivity index (χ0v) is 20.4. The molecular formula is C29H29N5O2. The Balaban J connectivity index is 1.43. The SMILES string of the molecule is COc1ncc(-c2ccnc(C)c2)cc1NC(=O)[C@H](Cc1ccccc1)NC1(c2ccccn2)CC1. The first kappa shape index (κ1) is 23.6. The second kappa shape index (κ2) is 10.3. The van der Waals surface area contributed by atoms with Gasteiger partial charge in [-0.1, -0.05) is 36.4 Å². The molecule has 0 unspecified atom stereocenters. The summed E-state index contributed by atoms with van der Waals surface area (Å²) in [4.78, 5) is 27.0. The van der Waals surface area contributed by atoms with E-state index in [-0.39, 0.29) is 11.4 Å². The number of nitrogens with one attached hydrogen (secondary N) is 2. The molecule has 3 aromatic heterocycles. The third-order valence-corrected chi connectivity index (χ3v) is 6.49. The normalized spacial score (nSPS) is 14.6. The van der Waals surface area contributed by atoms with Crippen LogP contribution in [0.3, 0.4) is 0 Å². The summed E-state index contributed by atoms with van der Waals surface area (Å²) in [5.74, 6) is 0.214. The molecule has 5 rings (SSSR count). The van der Waals surface area contributed by atoms with Gasteiger partial charge in [-0.15, -0.1) is 0 Å². The van der Waals surface area contributed by atoms with E-state index < -0.39 is 6.04 Å². The van der Waals surface area contributed by atoms with Gasteiger partial charge in [0.15, 0.2) is 0 Å². The number of ether oxygens (including phenoxy) is 1. The lowest BCUT2D eigenvalue weighted by molar-refractivity contribution is -0.118. The maximum atomic E-state index is 13.7. The Hall–Kier alpha value is -4.10. The Morgan fingerprint density at radius 2 is 1.78 bits per heavy atom. The van der Waals surface area contributed by atoms with Crippen LogP contribution in [-0.4, -0.2) is 34.0 Å². The van der Waals surface area contributed by atoms with Crippen LogP contribution < -0.4 is 15.4 Å². The highest BCUT2D eigenvalue weighted by Gasteiger charge is 2.47. The lowest BCUT2D eigenvalue weighted by atomic mass is 10.0. The first-order chi connectivity index (χ1) is 17.6. The molecular weight excluding hydrogens is 450 g/mol. The number of benzene rings is 1. The number of anilines is 1. The van der Waals surface area contributed by atoms with Crippen molar-refractivity contribution in [3.63, 3.8) is 0 Å². The maximum Gasteiger partial charge on any atom is 0.242 e. The number of methoxy groups -OCH3 is 1. The molecule has 1 saturated carbocycles. The predicted molar refractivity (Wildman–Crippen MR) is 140 cm³/mol. The number of hydrogen-bond donors (Lipinski definition) is 2. The van der Waals surface area contributed by atoms with Gasteiger partial charge in [0.25, 0.3) is 0 Å². The third-order valence-electron chi connectivity index (χ3n) is 6.49. The number of hydrogen-bond acceptors (Lipinski definition) is 6. The van der Waals surface area contributed by atoms with E-state index in [1.807, 2.05) is 73.7 Å². The number of pyridine rings is 3. The second-order valence-electron chi connectivity index (χ2n) is 9.14. The topological polar surface area (TPSA) is 89.0 Å².